The number of aliphatic hydroxyl groups excluding tert-OH is 1. The second-order valence-corrected chi connectivity index (χ2v) is 7.01. The molecule has 0 unspecified atom stereocenters. The summed E-state index contributed by atoms with van der Waals surface area (Å²) in [7, 11) is 0. The van der Waals surface area contributed by atoms with Crippen LogP contribution in [0.15, 0.2) is 4.79 Å². The SMILES string of the molecule is CSCC[C@@H](CO)NC(=O)c1sc2nc(C)[nH]c(=O)c2c1C. The van der Waals surface area contributed by atoms with Crippen molar-refractivity contribution in [3.8, 4) is 0 Å². The van der Waals surface area contributed by atoms with Crippen LogP contribution >= 0.6 is 23.1 Å². The maximum atomic E-state index is 12.4. The molecule has 0 bridgehead atoms. The third kappa shape index (κ3) is 3.50. The molecule has 6 nitrogen and oxygen atoms in total. The number of nitrogens with zero attached hydrogens (tertiary/aromatic N) is 1. The molecule has 2 aromatic rings. The van der Waals surface area contributed by atoms with Gasteiger partial charge in [0.1, 0.15) is 10.7 Å². The van der Waals surface area contributed by atoms with Gasteiger partial charge in [-0.3, -0.25) is 9.59 Å². The number of thioether (sulfide) groups is 1. The standard InChI is InChI=1S/C14H19N3O3S2/c1-7-10-12(19)15-8(2)16-14(10)22-11(7)13(20)17-9(6-18)4-5-21-3/h9,18H,4-6H2,1-3H3,(H,17,20)(H,15,16,19)/t9-/m0/s1. The number of H-pyrrole nitrogens is 1. The van der Waals surface area contributed by atoms with Gasteiger partial charge in [-0.05, 0) is 37.8 Å². The van der Waals surface area contributed by atoms with Crippen LogP contribution in [0.2, 0.25) is 0 Å². The largest absolute Gasteiger partial charge is 0.394 e. The molecule has 0 saturated heterocycles. The molecule has 2 aromatic heterocycles. The number of hydrogen-bond donors (Lipinski definition) is 3. The highest BCUT2D eigenvalue weighted by Gasteiger charge is 2.20. The molecule has 0 spiro atoms. The zero-order valence-electron chi connectivity index (χ0n) is 12.7. The summed E-state index contributed by atoms with van der Waals surface area (Å²) in [6.45, 7) is 3.35. The number of nitrogens with one attached hydrogen (secondary N) is 2. The van der Waals surface area contributed by atoms with Crippen LogP contribution in [0.1, 0.15) is 27.5 Å². The number of carbonyl (C=O) groups excluding carboxylic acids is 1. The van der Waals surface area contributed by atoms with Crippen molar-refractivity contribution in [3.63, 3.8) is 0 Å². The number of aliphatic hydroxyl groups is 1. The summed E-state index contributed by atoms with van der Waals surface area (Å²) >= 11 is 2.87. The normalized spacial score (nSPS) is 12.5. The van der Waals surface area contributed by atoms with Crippen LogP contribution in [-0.4, -0.2) is 45.6 Å². The second kappa shape index (κ2) is 7.26. The average molecular weight is 341 g/mol. The first-order valence-corrected chi connectivity index (χ1v) is 9.09. The Morgan fingerprint density at radius 3 is 2.86 bits per heavy atom. The summed E-state index contributed by atoms with van der Waals surface area (Å²) in [5.41, 5.74) is 0.407. The van der Waals surface area contributed by atoms with Crippen LogP contribution in [-0.2, 0) is 0 Å². The lowest BCUT2D eigenvalue weighted by molar-refractivity contribution is 0.0919. The third-order valence-corrected chi connectivity index (χ3v) is 5.18. The van der Waals surface area contributed by atoms with Gasteiger partial charge < -0.3 is 15.4 Å². The molecule has 0 saturated carbocycles. The summed E-state index contributed by atoms with van der Waals surface area (Å²) in [6, 6.07) is -0.280. The lowest BCUT2D eigenvalue weighted by atomic mass is 10.2. The number of aryl methyl sites for hydroxylation is 2. The van der Waals surface area contributed by atoms with Crippen LogP contribution in [0, 0.1) is 13.8 Å². The molecule has 0 aliphatic rings. The monoisotopic (exact) mass is 341 g/mol. The minimum Gasteiger partial charge on any atom is -0.394 e. The van der Waals surface area contributed by atoms with Gasteiger partial charge in [0.2, 0.25) is 0 Å². The second-order valence-electron chi connectivity index (χ2n) is 5.02. The number of rotatable bonds is 6. The van der Waals surface area contributed by atoms with Crippen molar-refractivity contribution in [2.45, 2.75) is 26.3 Å². The summed E-state index contributed by atoms with van der Waals surface area (Å²) in [5.74, 6) is 1.12. The topological polar surface area (TPSA) is 95.1 Å². The Labute approximate surface area is 136 Å². The fourth-order valence-electron chi connectivity index (χ4n) is 2.19. The van der Waals surface area contributed by atoms with E-state index in [1.165, 1.54) is 11.3 Å². The molecule has 0 aliphatic heterocycles. The smallest absolute Gasteiger partial charge is 0.262 e. The van der Waals surface area contributed by atoms with Crippen LogP contribution in [0.4, 0.5) is 0 Å². The van der Waals surface area contributed by atoms with Gasteiger partial charge in [0.15, 0.2) is 0 Å². The molecule has 1 atom stereocenters. The van der Waals surface area contributed by atoms with Crippen molar-refractivity contribution >= 4 is 39.2 Å². The molecule has 8 heteroatoms. The number of fused-ring (bicyclic) bond motifs is 1. The van der Waals surface area contributed by atoms with E-state index in [-0.39, 0.29) is 24.1 Å². The maximum absolute atomic E-state index is 12.4. The average Bonchev–Trinajstić information content (AvgIpc) is 2.80. The van der Waals surface area contributed by atoms with Gasteiger partial charge in [0.05, 0.1) is 22.9 Å². The van der Waals surface area contributed by atoms with E-state index >= 15 is 0 Å². The molecule has 3 N–H and O–H groups in total. The van der Waals surface area contributed by atoms with Gasteiger partial charge in [-0.25, -0.2) is 4.98 Å². The van der Waals surface area contributed by atoms with Gasteiger partial charge in [0.25, 0.3) is 11.5 Å². The predicted octanol–water partition coefficient (Wildman–Crippen LogP) is 1.45. The fraction of sp³-hybridized carbons (Fsp3) is 0.500. The van der Waals surface area contributed by atoms with E-state index < -0.39 is 0 Å². The lowest BCUT2D eigenvalue weighted by Crippen LogP contribution is -2.37. The predicted molar refractivity (Wildman–Crippen MR) is 91.1 cm³/mol. The third-order valence-electron chi connectivity index (χ3n) is 3.35. The Bertz CT molecular complexity index is 739. The first-order chi connectivity index (χ1) is 10.5. The quantitative estimate of drug-likeness (QED) is 0.739. The molecule has 0 radical (unpaired) electrons. The molecule has 2 rings (SSSR count). The van der Waals surface area contributed by atoms with E-state index in [1.54, 1.807) is 25.6 Å². The molecule has 22 heavy (non-hydrogen) atoms. The number of amides is 1. The molecule has 1 amide bonds. The van der Waals surface area contributed by atoms with Crippen LogP contribution in [0.5, 0.6) is 0 Å². The van der Waals surface area contributed by atoms with Crippen molar-refractivity contribution in [3.05, 3.63) is 26.6 Å². The minimum atomic E-state index is -0.280. The highest BCUT2D eigenvalue weighted by Crippen LogP contribution is 2.26. The van der Waals surface area contributed by atoms with Gasteiger partial charge in [0, 0.05) is 0 Å². The Kier molecular flexibility index (Phi) is 5.60. The number of aromatic amines is 1. The van der Waals surface area contributed by atoms with Crippen LogP contribution in [0.25, 0.3) is 10.2 Å². The Hall–Kier alpha value is -1.38. The number of thiophene rings is 1. The van der Waals surface area contributed by atoms with Crippen LogP contribution < -0.4 is 10.9 Å². The van der Waals surface area contributed by atoms with E-state index in [1.807, 2.05) is 6.26 Å². The summed E-state index contributed by atoms with van der Waals surface area (Å²) in [4.78, 5) is 32.4. The Morgan fingerprint density at radius 1 is 1.50 bits per heavy atom. The van der Waals surface area contributed by atoms with Gasteiger partial charge >= 0.3 is 0 Å². The van der Waals surface area contributed by atoms with E-state index in [0.717, 1.165) is 5.75 Å². The zero-order chi connectivity index (χ0) is 16.3. The maximum Gasteiger partial charge on any atom is 0.262 e. The highest BCUT2D eigenvalue weighted by atomic mass is 32.2. The molecular formula is C14H19N3O3S2. The van der Waals surface area contributed by atoms with Crippen molar-refractivity contribution in [2.24, 2.45) is 0 Å². The highest BCUT2D eigenvalue weighted by molar-refractivity contribution is 7.98. The number of hydrogen-bond acceptors (Lipinski definition) is 6. The zero-order valence-corrected chi connectivity index (χ0v) is 14.4. The van der Waals surface area contributed by atoms with E-state index in [4.69, 9.17) is 0 Å². The molecule has 0 aliphatic carbocycles. The van der Waals surface area contributed by atoms with Gasteiger partial charge in [-0.15, -0.1) is 11.3 Å². The first-order valence-electron chi connectivity index (χ1n) is 6.88. The van der Waals surface area contributed by atoms with Crippen molar-refractivity contribution in [2.75, 3.05) is 18.6 Å². The molecule has 2 heterocycles. The molecule has 120 valence electrons. The Balaban J connectivity index is 2.30. The molecule has 0 fully saturated rings. The van der Waals surface area contributed by atoms with Gasteiger partial charge in [-0.1, -0.05) is 0 Å². The minimum absolute atomic E-state index is 0.103. The Morgan fingerprint density at radius 2 is 2.23 bits per heavy atom. The molecular weight excluding hydrogens is 322 g/mol. The summed E-state index contributed by atoms with van der Waals surface area (Å²) < 4.78 is 0. The number of carbonyl (C=O) groups is 1. The van der Waals surface area contributed by atoms with Crippen molar-refractivity contribution in [1.82, 2.24) is 15.3 Å². The van der Waals surface area contributed by atoms with E-state index in [9.17, 15) is 14.7 Å². The fourth-order valence-corrected chi connectivity index (χ4v) is 3.84. The summed E-state index contributed by atoms with van der Waals surface area (Å²) in [6.07, 6.45) is 2.68. The first kappa shape index (κ1) is 17.0. The van der Waals surface area contributed by atoms with Crippen LogP contribution in [0.3, 0.4) is 0 Å². The van der Waals surface area contributed by atoms with Crippen molar-refractivity contribution in [1.29, 1.82) is 0 Å². The van der Waals surface area contributed by atoms with Gasteiger partial charge in [-0.2, -0.15) is 11.8 Å². The van der Waals surface area contributed by atoms with E-state index in [0.29, 0.717) is 32.9 Å². The molecule has 0 aromatic carbocycles. The summed E-state index contributed by atoms with van der Waals surface area (Å²) in [5, 5.41) is 12.6. The number of aromatic nitrogens is 2. The van der Waals surface area contributed by atoms with E-state index in [2.05, 4.69) is 15.3 Å². The lowest BCUT2D eigenvalue weighted by Gasteiger charge is -2.15. The van der Waals surface area contributed by atoms with Crippen molar-refractivity contribution < 1.29 is 9.90 Å².